The lowest BCUT2D eigenvalue weighted by molar-refractivity contribution is -0.111. The number of hydrogen-bond donors (Lipinski definition) is 4. The lowest BCUT2D eigenvalue weighted by Gasteiger charge is -2.02. The predicted molar refractivity (Wildman–Crippen MR) is 101 cm³/mol. The predicted octanol–water partition coefficient (Wildman–Crippen LogP) is 4.53. The number of benzene rings is 2. The summed E-state index contributed by atoms with van der Waals surface area (Å²) in [6.07, 6.45) is 2.55. The number of aromatic hydroxyl groups is 1. The fourth-order valence-electron chi connectivity index (χ4n) is 2.53. The molecular weight excluding hydrogens is 379 g/mol. The standard InChI is InChI=1S/C18H12Cl2N2O4/c19-9-6-13(20)16-12(17(18(25)26)22-14(16)7-9)4-5-15(24)21-10-2-1-3-11(23)8-10/h1-8,22-23H,(H,21,24)(H,25,26)/b5-4+. The molecule has 0 bridgehead atoms. The first-order valence-corrected chi connectivity index (χ1v) is 8.13. The Balaban J connectivity index is 1.96. The fourth-order valence-corrected chi connectivity index (χ4v) is 3.13. The maximum Gasteiger partial charge on any atom is 0.352 e. The summed E-state index contributed by atoms with van der Waals surface area (Å²) in [6, 6.07) is 9.11. The molecule has 2 aromatic carbocycles. The summed E-state index contributed by atoms with van der Waals surface area (Å²) >= 11 is 12.1. The minimum atomic E-state index is -1.19. The van der Waals surface area contributed by atoms with E-state index in [1.807, 2.05) is 0 Å². The number of aromatic nitrogens is 1. The molecule has 6 nitrogen and oxygen atoms in total. The number of fused-ring (bicyclic) bond motifs is 1. The molecule has 26 heavy (non-hydrogen) atoms. The molecule has 1 aromatic heterocycles. The quantitative estimate of drug-likeness (QED) is 0.491. The Bertz CT molecular complexity index is 1060. The molecule has 1 amide bonds. The van der Waals surface area contributed by atoms with Gasteiger partial charge in [-0.05, 0) is 30.3 Å². The molecule has 0 unspecified atom stereocenters. The van der Waals surface area contributed by atoms with Crippen LogP contribution in [0.5, 0.6) is 5.75 Å². The van der Waals surface area contributed by atoms with Gasteiger partial charge < -0.3 is 20.5 Å². The van der Waals surface area contributed by atoms with Gasteiger partial charge in [-0.25, -0.2) is 4.79 Å². The van der Waals surface area contributed by atoms with Gasteiger partial charge in [0.25, 0.3) is 0 Å². The molecule has 3 aromatic rings. The molecule has 1 heterocycles. The number of aromatic amines is 1. The molecule has 0 aliphatic heterocycles. The fraction of sp³-hybridized carbons (Fsp3) is 0. The van der Waals surface area contributed by atoms with E-state index in [4.69, 9.17) is 23.2 Å². The van der Waals surface area contributed by atoms with Crippen LogP contribution in [-0.4, -0.2) is 27.1 Å². The van der Waals surface area contributed by atoms with Gasteiger partial charge in [-0.2, -0.15) is 0 Å². The van der Waals surface area contributed by atoms with Crippen LogP contribution in [0.2, 0.25) is 10.0 Å². The van der Waals surface area contributed by atoms with E-state index >= 15 is 0 Å². The Morgan fingerprint density at radius 1 is 1.15 bits per heavy atom. The molecule has 0 aliphatic rings. The lowest BCUT2D eigenvalue weighted by atomic mass is 10.1. The number of phenolic OH excluding ortho intramolecular Hbond substituents is 1. The summed E-state index contributed by atoms with van der Waals surface area (Å²) < 4.78 is 0. The topological polar surface area (TPSA) is 102 Å². The van der Waals surface area contributed by atoms with E-state index < -0.39 is 11.9 Å². The highest BCUT2D eigenvalue weighted by molar-refractivity contribution is 6.39. The van der Waals surface area contributed by atoms with Crippen molar-refractivity contribution in [3.05, 3.63) is 63.8 Å². The maximum atomic E-state index is 12.1. The zero-order valence-electron chi connectivity index (χ0n) is 13.1. The Kier molecular flexibility index (Phi) is 4.88. The summed E-state index contributed by atoms with van der Waals surface area (Å²) in [5.41, 5.74) is 1.01. The van der Waals surface area contributed by atoms with Crippen molar-refractivity contribution in [1.29, 1.82) is 0 Å². The molecule has 0 spiro atoms. The molecule has 0 radical (unpaired) electrons. The van der Waals surface area contributed by atoms with Crippen LogP contribution in [0.3, 0.4) is 0 Å². The highest BCUT2D eigenvalue weighted by Crippen LogP contribution is 2.33. The number of rotatable bonds is 4. The number of H-pyrrole nitrogens is 1. The van der Waals surface area contributed by atoms with E-state index in [9.17, 15) is 19.8 Å². The van der Waals surface area contributed by atoms with Crippen molar-refractivity contribution >= 4 is 57.7 Å². The van der Waals surface area contributed by atoms with Gasteiger partial charge in [-0.1, -0.05) is 29.3 Å². The zero-order valence-corrected chi connectivity index (χ0v) is 14.6. The Morgan fingerprint density at radius 3 is 2.62 bits per heavy atom. The molecule has 0 saturated carbocycles. The maximum absolute atomic E-state index is 12.1. The van der Waals surface area contributed by atoms with E-state index in [1.54, 1.807) is 18.2 Å². The van der Waals surface area contributed by atoms with E-state index in [0.29, 0.717) is 21.6 Å². The Morgan fingerprint density at radius 2 is 1.92 bits per heavy atom. The van der Waals surface area contributed by atoms with Crippen LogP contribution < -0.4 is 5.32 Å². The van der Waals surface area contributed by atoms with Crippen LogP contribution in [0.1, 0.15) is 16.1 Å². The van der Waals surface area contributed by atoms with Crippen molar-refractivity contribution in [2.45, 2.75) is 0 Å². The molecule has 0 saturated heterocycles. The second kappa shape index (κ2) is 7.11. The number of carbonyl (C=O) groups excluding carboxylic acids is 1. The normalized spacial score (nSPS) is 11.2. The van der Waals surface area contributed by atoms with Crippen LogP contribution >= 0.6 is 23.2 Å². The van der Waals surface area contributed by atoms with Crippen molar-refractivity contribution < 1.29 is 19.8 Å². The van der Waals surface area contributed by atoms with Crippen LogP contribution in [0.25, 0.3) is 17.0 Å². The summed E-state index contributed by atoms with van der Waals surface area (Å²) in [6.45, 7) is 0. The average Bonchev–Trinajstić information content (AvgIpc) is 2.92. The van der Waals surface area contributed by atoms with Gasteiger partial charge in [0, 0.05) is 39.3 Å². The SMILES string of the molecule is O=C(/C=C/c1c(C(=O)O)[nH]c2cc(Cl)cc(Cl)c12)Nc1cccc(O)c1. The molecule has 0 aliphatic carbocycles. The summed E-state index contributed by atoms with van der Waals surface area (Å²) in [5.74, 6) is -1.67. The zero-order chi connectivity index (χ0) is 18.8. The van der Waals surface area contributed by atoms with Crippen molar-refractivity contribution in [2.75, 3.05) is 5.32 Å². The van der Waals surface area contributed by atoms with Crippen molar-refractivity contribution in [1.82, 2.24) is 4.98 Å². The van der Waals surface area contributed by atoms with E-state index in [-0.39, 0.29) is 22.0 Å². The third-order valence-corrected chi connectivity index (χ3v) is 4.10. The van der Waals surface area contributed by atoms with Gasteiger partial charge in [0.05, 0.1) is 5.02 Å². The lowest BCUT2D eigenvalue weighted by Crippen LogP contribution is -2.07. The third kappa shape index (κ3) is 3.66. The van der Waals surface area contributed by atoms with Crippen LogP contribution in [0.4, 0.5) is 5.69 Å². The number of carboxylic acids is 1. The number of aromatic carboxylic acids is 1. The minimum Gasteiger partial charge on any atom is -0.508 e. The number of nitrogens with one attached hydrogen (secondary N) is 2. The van der Waals surface area contributed by atoms with E-state index in [2.05, 4.69) is 10.3 Å². The van der Waals surface area contributed by atoms with Crippen LogP contribution in [0.15, 0.2) is 42.5 Å². The number of hydrogen-bond acceptors (Lipinski definition) is 3. The number of halogens is 2. The number of carbonyl (C=O) groups is 2. The monoisotopic (exact) mass is 390 g/mol. The number of phenols is 1. The van der Waals surface area contributed by atoms with Gasteiger partial charge in [0.2, 0.25) is 5.91 Å². The molecule has 0 fully saturated rings. The van der Waals surface area contributed by atoms with Crippen molar-refractivity contribution in [3.8, 4) is 5.75 Å². The first-order valence-electron chi connectivity index (χ1n) is 7.37. The molecule has 3 rings (SSSR count). The summed E-state index contributed by atoms with van der Waals surface area (Å²) in [7, 11) is 0. The third-order valence-electron chi connectivity index (χ3n) is 3.58. The molecule has 132 valence electrons. The molecule has 4 N–H and O–H groups in total. The second-order valence-electron chi connectivity index (χ2n) is 5.40. The van der Waals surface area contributed by atoms with E-state index in [1.165, 1.54) is 30.4 Å². The second-order valence-corrected chi connectivity index (χ2v) is 6.25. The van der Waals surface area contributed by atoms with Gasteiger partial charge in [-0.3, -0.25) is 4.79 Å². The van der Waals surface area contributed by atoms with Gasteiger partial charge in [0.1, 0.15) is 11.4 Å². The largest absolute Gasteiger partial charge is 0.508 e. The van der Waals surface area contributed by atoms with Gasteiger partial charge in [-0.15, -0.1) is 0 Å². The number of anilines is 1. The average molecular weight is 391 g/mol. The number of amides is 1. The summed E-state index contributed by atoms with van der Waals surface area (Å²) in [5, 5.41) is 22.4. The van der Waals surface area contributed by atoms with Crippen LogP contribution in [-0.2, 0) is 4.79 Å². The molecular formula is C18H12Cl2N2O4. The minimum absolute atomic E-state index is 0.0141. The Hall–Kier alpha value is -2.96. The summed E-state index contributed by atoms with van der Waals surface area (Å²) in [4.78, 5) is 26.3. The smallest absolute Gasteiger partial charge is 0.352 e. The molecule has 0 atom stereocenters. The van der Waals surface area contributed by atoms with Crippen molar-refractivity contribution in [2.24, 2.45) is 0 Å². The van der Waals surface area contributed by atoms with Crippen LogP contribution in [0, 0.1) is 0 Å². The van der Waals surface area contributed by atoms with E-state index in [0.717, 1.165) is 0 Å². The first-order chi connectivity index (χ1) is 12.3. The van der Waals surface area contributed by atoms with Gasteiger partial charge in [0.15, 0.2) is 0 Å². The highest BCUT2D eigenvalue weighted by Gasteiger charge is 2.18. The van der Waals surface area contributed by atoms with Crippen molar-refractivity contribution in [3.63, 3.8) is 0 Å². The highest BCUT2D eigenvalue weighted by atomic mass is 35.5. The molecule has 8 heteroatoms. The number of carboxylic acid groups (broad SMARTS) is 1. The first kappa shape index (κ1) is 17.8. The Labute approximate surface area is 157 Å². The van der Waals surface area contributed by atoms with Gasteiger partial charge >= 0.3 is 5.97 Å².